The second-order valence-electron chi connectivity index (χ2n) is 6.68. The largest absolute Gasteiger partial charge is 0.347 e. The van der Waals surface area contributed by atoms with E-state index in [0.29, 0.717) is 12.6 Å². The number of benzene rings is 1. The van der Waals surface area contributed by atoms with Crippen LogP contribution in [-0.4, -0.2) is 27.7 Å². The summed E-state index contributed by atoms with van der Waals surface area (Å²) in [6.45, 7) is 6.88. The zero-order chi connectivity index (χ0) is 14.5. The third-order valence-corrected chi connectivity index (χ3v) is 4.40. The number of para-hydroxylation sites is 1. The fourth-order valence-electron chi connectivity index (χ4n) is 3.42. The van der Waals surface area contributed by atoms with Gasteiger partial charge in [-0.15, -0.1) is 0 Å². The van der Waals surface area contributed by atoms with Gasteiger partial charge in [-0.25, -0.2) is 4.39 Å². The molecule has 0 saturated heterocycles. The maximum atomic E-state index is 14.0. The van der Waals surface area contributed by atoms with Crippen LogP contribution in [0.2, 0.25) is 0 Å². The Morgan fingerprint density at radius 1 is 1.30 bits per heavy atom. The van der Waals surface area contributed by atoms with Crippen molar-refractivity contribution in [3.63, 3.8) is 0 Å². The summed E-state index contributed by atoms with van der Waals surface area (Å²) < 4.78 is 16.3. The topological polar surface area (TPSA) is 8.17 Å². The van der Waals surface area contributed by atoms with E-state index >= 15 is 0 Å². The molecule has 1 aliphatic rings. The highest BCUT2D eigenvalue weighted by Gasteiger charge is 2.31. The number of aryl methyl sites for hydroxylation is 1. The van der Waals surface area contributed by atoms with Crippen LogP contribution in [0.3, 0.4) is 0 Å². The molecule has 1 aromatic heterocycles. The molecule has 0 saturated carbocycles. The van der Waals surface area contributed by atoms with Crippen molar-refractivity contribution >= 4 is 10.9 Å². The molecule has 2 nitrogen and oxygen atoms in total. The molecule has 1 aromatic carbocycles. The molecule has 0 amide bonds. The monoisotopic (exact) mass is 274 g/mol. The maximum absolute atomic E-state index is 14.0. The molecule has 3 rings (SSSR count). The first-order valence-electron chi connectivity index (χ1n) is 7.35. The number of rotatable bonds is 2. The zero-order valence-electron chi connectivity index (χ0n) is 12.8. The highest BCUT2D eigenvalue weighted by Crippen LogP contribution is 2.33. The van der Waals surface area contributed by atoms with Crippen LogP contribution in [0.5, 0.6) is 0 Å². The summed E-state index contributed by atoms with van der Waals surface area (Å²) >= 11 is 0. The predicted molar refractivity (Wildman–Crippen MR) is 81.7 cm³/mol. The minimum absolute atomic E-state index is 0.389. The highest BCUT2D eigenvalue weighted by molar-refractivity contribution is 5.85. The van der Waals surface area contributed by atoms with Gasteiger partial charge in [-0.3, -0.25) is 4.90 Å². The predicted octanol–water partition coefficient (Wildman–Crippen LogP) is 3.67. The Hall–Kier alpha value is -1.35. The zero-order valence-corrected chi connectivity index (χ0v) is 12.8. The van der Waals surface area contributed by atoms with Crippen molar-refractivity contribution in [1.29, 1.82) is 0 Å². The molecular weight excluding hydrogens is 251 g/mol. The standard InChI is InChI=1S/C17H23FN2/c1-12-9-16-14(10-20(12)11-17(2,3)18)13-7-5-6-8-15(13)19(16)4/h5-8,12H,9-11H2,1-4H3. The van der Waals surface area contributed by atoms with Crippen molar-refractivity contribution in [1.82, 2.24) is 9.47 Å². The SMILES string of the molecule is CC1Cc2c(c3ccccc3n2C)CN1CC(C)(C)F. The average molecular weight is 274 g/mol. The number of aromatic nitrogens is 1. The molecule has 1 atom stereocenters. The van der Waals surface area contributed by atoms with E-state index in [4.69, 9.17) is 0 Å². The van der Waals surface area contributed by atoms with Gasteiger partial charge in [0.25, 0.3) is 0 Å². The van der Waals surface area contributed by atoms with Crippen molar-refractivity contribution in [2.45, 2.75) is 45.4 Å². The summed E-state index contributed by atoms with van der Waals surface area (Å²) in [4.78, 5) is 2.27. The van der Waals surface area contributed by atoms with Crippen molar-refractivity contribution in [2.24, 2.45) is 7.05 Å². The molecule has 0 N–H and O–H groups in total. The number of hydrogen-bond donors (Lipinski definition) is 0. The Kier molecular flexibility index (Phi) is 3.13. The molecule has 108 valence electrons. The summed E-state index contributed by atoms with van der Waals surface area (Å²) in [5.41, 5.74) is 2.93. The summed E-state index contributed by atoms with van der Waals surface area (Å²) in [5, 5.41) is 1.32. The van der Waals surface area contributed by atoms with Crippen LogP contribution in [0.25, 0.3) is 10.9 Å². The van der Waals surface area contributed by atoms with Crippen LogP contribution in [-0.2, 0) is 20.0 Å². The van der Waals surface area contributed by atoms with Crippen molar-refractivity contribution in [3.8, 4) is 0 Å². The molecule has 3 heteroatoms. The molecule has 0 radical (unpaired) electrons. The lowest BCUT2D eigenvalue weighted by Gasteiger charge is -2.36. The summed E-state index contributed by atoms with van der Waals surface area (Å²) in [6, 6.07) is 8.91. The number of fused-ring (bicyclic) bond motifs is 3. The second kappa shape index (κ2) is 4.59. The number of alkyl halides is 1. The van der Waals surface area contributed by atoms with E-state index in [9.17, 15) is 4.39 Å². The van der Waals surface area contributed by atoms with Gasteiger partial charge in [-0.2, -0.15) is 0 Å². The van der Waals surface area contributed by atoms with Crippen LogP contribution < -0.4 is 0 Å². The Labute approximate surface area is 120 Å². The Morgan fingerprint density at radius 3 is 2.70 bits per heavy atom. The minimum Gasteiger partial charge on any atom is -0.347 e. The quantitative estimate of drug-likeness (QED) is 0.811. The molecule has 0 bridgehead atoms. The lowest BCUT2D eigenvalue weighted by atomic mass is 9.97. The van der Waals surface area contributed by atoms with Gasteiger partial charge < -0.3 is 4.57 Å². The minimum atomic E-state index is -1.14. The van der Waals surface area contributed by atoms with Crippen LogP contribution in [0.15, 0.2) is 24.3 Å². The van der Waals surface area contributed by atoms with Gasteiger partial charge >= 0.3 is 0 Å². The van der Waals surface area contributed by atoms with E-state index in [1.807, 2.05) is 0 Å². The molecule has 0 fully saturated rings. The summed E-state index contributed by atoms with van der Waals surface area (Å²) in [6.07, 6.45) is 0.997. The first-order chi connectivity index (χ1) is 9.37. The van der Waals surface area contributed by atoms with Gasteiger partial charge in [0.15, 0.2) is 0 Å². The molecule has 1 unspecified atom stereocenters. The van der Waals surface area contributed by atoms with Crippen LogP contribution in [0.1, 0.15) is 32.0 Å². The van der Waals surface area contributed by atoms with E-state index in [-0.39, 0.29) is 0 Å². The molecule has 0 spiro atoms. The first kappa shape index (κ1) is 13.6. The normalized spacial score (nSPS) is 20.4. The molecule has 0 aliphatic carbocycles. The molecule has 2 heterocycles. The number of nitrogens with zero attached hydrogens (tertiary/aromatic N) is 2. The van der Waals surface area contributed by atoms with Crippen molar-refractivity contribution < 1.29 is 4.39 Å². The van der Waals surface area contributed by atoms with Crippen molar-refractivity contribution in [3.05, 3.63) is 35.5 Å². The van der Waals surface area contributed by atoms with E-state index in [1.165, 1.54) is 22.2 Å². The lowest BCUT2D eigenvalue weighted by Crippen LogP contribution is -2.44. The summed E-state index contributed by atoms with van der Waals surface area (Å²) in [7, 11) is 2.14. The fraction of sp³-hybridized carbons (Fsp3) is 0.529. The lowest BCUT2D eigenvalue weighted by molar-refractivity contribution is 0.0855. The smallest absolute Gasteiger partial charge is 0.118 e. The second-order valence-corrected chi connectivity index (χ2v) is 6.68. The summed E-state index contributed by atoms with van der Waals surface area (Å²) in [5.74, 6) is 0. The van der Waals surface area contributed by atoms with E-state index in [1.54, 1.807) is 13.8 Å². The van der Waals surface area contributed by atoms with Crippen LogP contribution >= 0.6 is 0 Å². The van der Waals surface area contributed by atoms with Gasteiger partial charge in [0, 0.05) is 49.2 Å². The Morgan fingerprint density at radius 2 is 2.00 bits per heavy atom. The van der Waals surface area contributed by atoms with Crippen molar-refractivity contribution in [2.75, 3.05) is 6.54 Å². The van der Waals surface area contributed by atoms with Gasteiger partial charge in [-0.1, -0.05) is 18.2 Å². The number of hydrogen-bond acceptors (Lipinski definition) is 1. The molecule has 2 aromatic rings. The average Bonchev–Trinajstić information content (AvgIpc) is 2.63. The maximum Gasteiger partial charge on any atom is 0.118 e. The highest BCUT2D eigenvalue weighted by atomic mass is 19.1. The van der Waals surface area contributed by atoms with E-state index in [2.05, 4.69) is 47.7 Å². The third-order valence-electron chi connectivity index (χ3n) is 4.40. The van der Waals surface area contributed by atoms with Gasteiger partial charge in [0.1, 0.15) is 5.67 Å². The number of halogens is 1. The first-order valence-corrected chi connectivity index (χ1v) is 7.35. The molecule has 1 aliphatic heterocycles. The van der Waals surface area contributed by atoms with E-state index < -0.39 is 5.67 Å². The van der Waals surface area contributed by atoms with Gasteiger partial charge in [0.2, 0.25) is 0 Å². The fourth-order valence-corrected chi connectivity index (χ4v) is 3.42. The Balaban J connectivity index is 2.03. The molecular formula is C17H23FN2. The third kappa shape index (κ3) is 2.24. The van der Waals surface area contributed by atoms with Crippen LogP contribution in [0, 0.1) is 0 Å². The van der Waals surface area contributed by atoms with Crippen LogP contribution in [0.4, 0.5) is 4.39 Å². The van der Waals surface area contributed by atoms with Gasteiger partial charge in [0.05, 0.1) is 0 Å². The molecule has 20 heavy (non-hydrogen) atoms. The van der Waals surface area contributed by atoms with Gasteiger partial charge in [-0.05, 0) is 32.4 Å². The van der Waals surface area contributed by atoms with E-state index in [0.717, 1.165) is 13.0 Å². The Bertz CT molecular complexity index is 636.